The number of ketones is 1. The number of nitrogens with one attached hydrogen (secondary N) is 1. The maximum absolute atomic E-state index is 13.4. The zero-order chi connectivity index (χ0) is 23.2. The Morgan fingerprint density at radius 1 is 1.24 bits per heavy atom. The molecule has 0 atom stereocenters. The second kappa shape index (κ2) is 9.45. The van der Waals surface area contributed by atoms with Crippen LogP contribution in [0.3, 0.4) is 0 Å². The van der Waals surface area contributed by atoms with E-state index in [2.05, 4.69) is 32.9 Å². The van der Waals surface area contributed by atoms with Gasteiger partial charge in [-0.2, -0.15) is 0 Å². The van der Waals surface area contributed by atoms with Crippen molar-refractivity contribution in [3.63, 3.8) is 0 Å². The molecule has 2 aliphatic rings. The van der Waals surface area contributed by atoms with E-state index in [1.54, 1.807) is 0 Å². The molecule has 1 N–H and O–H groups in total. The zero-order valence-corrected chi connectivity index (χ0v) is 22.2. The lowest BCUT2D eigenvalue weighted by Gasteiger charge is -2.28. The minimum absolute atomic E-state index is 0. The molecule has 6 nitrogen and oxygen atoms in total. The number of anilines is 1. The molecule has 0 amide bonds. The first kappa shape index (κ1) is 25.2. The van der Waals surface area contributed by atoms with Crippen LogP contribution in [0.1, 0.15) is 79.3 Å². The number of fused-ring (bicyclic) bond motifs is 1. The van der Waals surface area contributed by atoms with Gasteiger partial charge in [0.15, 0.2) is 5.78 Å². The third-order valence-electron chi connectivity index (χ3n) is 6.20. The van der Waals surface area contributed by atoms with E-state index in [0.29, 0.717) is 30.5 Å². The van der Waals surface area contributed by atoms with Crippen molar-refractivity contribution in [2.24, 2.45) is 0 Å². The number of aromatic nitrogens is 1. The molecular formula is C26H35BrN4O2. The fourth-order valence-corrected chi connectivity index (χ4v) is 4.24. The molecule has 1 aliphatic heterocycles. The molecule has 1 aromatic carbocycles. The quantitative estimate of drug-likeness (QED) is 0.506. The van der Waals surface area contributed by atoms with Crippen molar-refractivity contribution in [3.05, 3.63) is 52.3 Å². The third-order valence-corrected chi connectivity index (χ3v) is 6.20. The van der Waals surface area contributed by atoms with E-state index in [-0.39, 0.29) is 34.7 Å². The summed E-state index contributed by atoms with van der Waals surface area (Å²) in [6.07, 6.45) is 2.37. The lowest BCUT2D eigenvalue weighted by atomic mass is 9.84. The number of ether oxygens (including phenoxy) is 1. The van der Waals surface area contributed by atoms with Gasteiger partial charge in [0.25, 0.3) is 0 Å². The second-order valence-electron chi connectivity index (χ2n) is 10.1. The van der Waals surface area contributed by atoms with Crippen molar-refractivity contribution >= 4 is 34.3 Å². The zero-order valence-electron chi connectivity index (χ0n) is 20.5. The average molecular weight is 515 g/mol. The van der Waals surface area contributed by atoms with Crippen LogP contribution in [0.5, 0.6) is 5.75 Å². The molecule has 4 rings (SSSR count). The number of pyridine rings is 1. The molecular weight excluding hydrogens is 480 g/mol. The van der Waals surface area contributed by atoms with Crippen LogP contribution in [-0.2, 0) is 12.0 Å². The van der Waals surface area contributed by atoms with Gasteiger partial charge in [-0.25, -0.2) is 4.98 Å². The number of benzene rings is 1. The molecule has 1 fully saturated rings. The summed E-state index contributed by atoms with van der Waals surface area (Å²) in [5, 5.41) is 8.63. The standard InChI is InChI=1S/C26H34N4O2.BrH/c1-7-32-24-19(26(2,3)4)12-18(13-21(24)29(5)6)22(31)15-30-14-17-10-11-20(16-8-9-16)28-23(17)25(30)27;/h10-13,16,27H,7-9,14-15H2,1-6H3;1H. The van der Waals surface area contributed by atoms with Gasteiger partial charge in [0.05, 0.1) is 18.8 Å². The van der Waals surface area contributed by atoms with E-state index in [0.717, 1.165) is 34.0 Å². The summed E-state index contributed by atoms with van der Waals surface area (Å²) in [6, 6.07) is 8.05. The normalized spacial score (nSPS) is 15.2. The Morgan fingerprint density at radius 2 is 1.94 bits per heavy atom. The van der Waals surface area contributed by atoms with E-state index in [1.165, 1.54) is 12.8 Å². The summed E-state index contributed by atoms with van der Waals surface area (Å²) in [5.74, 6) is 1.74. The molecule has 1 saturated carbocycles. The molecule has 2 aromatic rings. The Kier molecular flexibility index (Phi) is 7.22. The lowest BCUT2D eigenvalue weighted by molar-refractivity contribution is 0.0962. The molecule has 1 aromatic heterocycles. The molecule has 0 bridgehead atoms. The number of nitrogens with zero attached hydrogens (tertiary/aromatic N) is 3. The highest BCUT2D eigenvalue weighted by atomic mass is 79.9. The maximum Gasteiger partial charge on any atom is 0.182 e. The van der Waals surface area contributed by atoms with E-state index in [1.807, 2.05) is 43.0 Å². The van der Waals surface area contributed by atoms with Gasteiger partial charge in [0, 0.05) is 48.9 Å². The number of Topliss-reactive ketones (excluding diaryl/α,β-unsaturated/α-hetero) is 1. The smallest absolute Gasteiger partial charge is 0.182 e. The van der Waals surface area contributed by atoms with Gasteiger partial charge in [0.2, 0.25) is 0 Å². The summed E-state index contributed by atoms with van der Waals surface area (Å²) in [7, 11) is 3.93. The first-order valence-electron chi connectivity index (χ1n) is 11.5. The average Bonchev–Trinajstić information content (AvgIpc) is 3.53. The molecule has 1 aliphatic carbocycles. The van der Waals surface area contributed by atoms with Crippen LogP contribution >= 0.6 is 17.0 Å². The first-order chi connectivity index (χ1) is 15.1. The maximum atomic E-state index is 13.4. The van der Waals surface area contributed by atoms with Gasteiger partial charge >= 0.3 is 0 Å². The van der Waals surface area contributed by atoms with E-state index in [9.17, 15) is 4.79 Å². The molecule has 0 spiro atoms. The van der Waals surface area contributed by atoms with Crippen LogP contribution in [-0.4, -0.2) is 48.7 Å². The third kappa shape index (κ3) is 5.08. The van der Waals surface area contributed by atoms with Crippen LogP contribution in [0, 0.1) is 5.41 Å². The van der Waals surface area contributed by atoms with Gasteiger partial charge in [-0.1, -0.05) is 26.8 Å². The van der Waals surface area contributed by atoms with E-state index >= 15 is 0 Å². The minimum Gasteiger partial charge on any atom is -0.491 e. The van der Waals surface area contributed by atoms with Crippen LogP contribution in [0.2, 0.25) is 0 Å². The van der Waals surface area contributed by atoms with Gasteiger partial charge in [-0.15, -0.1) is 17.0 Å². The Hall–Kier alpha value is -2.41. The summed E-state index contributed by atoms with van der Waals surface area (Å²) >= 11 is 0. The minimum atomic E-state index is -0.175. The Balaban J connectivity index is 0.00000306. The van der Waals surface area contributed by atoms with Crippen molar-refractivity contribution in [2.75, 3.05) is 32.1 Å². The van der Waals surface area contributed by atoms with Crippen molar-refractivity contribution < 1.29 is 9.53 Å². The number of carbonyl (C=O) groups excluding carboxylic acids is 1. The number of rotatable bonds is 7. The van der Waals surface area contributed by atoms with Crippen molar-refractivity contribution in [1.29, 1.82) is 5.41 Å². The molecule has 0 saturated heterocycles. The highest BCUT2D eigenvalue weighted by molar-refractivity contribution is 8.93. The largest absolute Gasteiger partial charge is 0.491 e. The van der Waals surface area contributed by atoms with E-state index < -0.39 is 0 Å². The van der Waals surface area contributed by atoms with Crippen LogP contribution < -0.4 is 9.64 Å². The predicted octanol–water partition coefficient (Wildman–Crippen LogP) is 5.32. The summed E-state index contributed by atoms with van der Waals surface area (Å²) < 4.78 is 6.01. The van der Waals surface area contributed by atoms with Crippen molar-refractivity contribution in [2.45, 2.75) is 58.4 Å². The molecule has 0 radical (unpaired) electrons. The molecule has 178 valence electrons. The molecule has 0 unspecified atom stereocenters. The summed E-state index contributed by atoms with van der Waals surface area (Å²) in [4.78, 5) is 22.0. The number of carbonyl (C=O) groups is 1. The topological polar surface area (TPSA) is 69.5 Å². The summed E-state index contributed by atoms with van der Waals surface area (Å²) in [6.45, 7) is 9.66. The number of halogens is 1. The number of hydrogen-bond donors (Lipinski definition) is 1. The highest BCUT2D eigenvalue weighted by Crippen LogP contribution is 2.41. The fraction of sp³-hybridized carbons (Fsp3) is 0.500. The fourth-order valence-electron chi connectivity index (χ4n) is 4.24. The predicted molar refractivity (Wildman–Crippen MR) is 139 cm³/mol. The first-order valence-corrected chi connectivity index (χ1v) is 11.5. The molecule has 2 heterocycles. The van der Waals surface area contributed by atoms with Gasteiger partial charge < -0.3 is 14.5 Å². The lowest BCUT2D eigenvalue weighted by Crippen LogP contribution is -2.31. The van der Waals surface area contributed by atoms with Crippen molar-refractivity contribution in [3.8, 4) is 5.75 Å². The molecule has 7 heteroatoms. The SMILES string of the molecule is Br.CCOc1c(N(C)C)cc(C(=O)CN2Cc3ccc(C4CC4)nc3C2=N)cc1C(C)(C)C. The van der Waals surface area contributed by atoms with Crippen molar-refractivity contribution in [1.82, 2.24) is 9.88 Å². The van der Waals surface area contributed by atoms with Crippen LogP contribution in [0.25, 0.3) is 0 Å². The Bertz CT molecular complexity index is 1070. The van der Waals surface area contributed by atoms with Crippen LogP contribution in [0.15, 0.2) is 24.3 Å². The summed E-state index contributed by atoms with van der Waals surface area (Å²) in [5.41, 5.74) is 5.24. The Morgan fingerprint density at radius 3 is 2.52 bits per heavy atom. The number of hydrogen-bond acceptors (Lipinski definition) is 5. The van der Waals surface area contributed by atoms with Crippen LogP contribution in [0.4, 0.5) is 5.69 Å². The highest BCUT2D eigenvalue weighted by Gasteiger charge is 2.32. The van der Waals surface area contributed by atoms with Gasteiger partial charge in [0.1, 0.15) is 17.3 Å². The molecule has 33 heavy (non-hydrogen) atoms. The van der Waals surface area contributed by atoms with Gasteiger partial charge in [-0.05, 0) is 43.4 Å². The Labute approximate surface area is 207 Å². The van der Waals surface area contributed by atoms with Gasteiger partial charge in [-0.3, -0.25) is 10.2 Å². The van der Waals surface area contributed by atoms with E-state index in [4.69, 9.17) is 15.1 Å². The second-order valence-corrected chi connectivity index (χ2v) is 10.1. The monoisotopic (exact) mass is 514 g/mol. The number of amidine groups is 1.